The zero-order valence-corrected chi connectivity index (χ0v) is 7.85. The first-order valence-corrected chi connectivity index (χ1v) is 4.03. The number of carbonyl (C=O) groups is 1. The van der Waals surface area contributed by atoms with E-state index in [0.717, 1.165) is 13.0 Å². The number of rotatable bonds is 3. The van der Waals surface area contributed by atoms with E-state index in [1.165, 1.54) is 0 Å². The lowest BCUT2D eigenvalue weighted by Gasteiger charge is -2.14. The molecule has 0 spiro atoms. The van der Waals surface area contributed by atoms with E-state index < -0.39 is 0 Å². The standard InChI is InChI=1S/C8H18N2O.H2/c1-5-7(2)6-9-8(11)10(3)4;/h7H,5-6H2,1-4H3,(H,9,11);1H. The first-order chi connectivity index (χ1) is 5.07. The highest BCUT2D eigenvalue weighted by Gasteiger charge is 2.03. The Labute approximate surface area is 70.2 Å². The summed E-state index contributed by atoms with van der Waals surface area (Å²) in [6.45, 7) is 5.01. The van der Waals surface area contributed by atoms with Gasteiger partial charge in [0.05, 0.1) is 0 Å². The fourth-order valence-corrected chi connectivity index (χ4v) is 0.564. The van der Waals surface area contributed by atoms with Crippen molar-refractivity contribution in [2.24, 2.45) is 5.92 Å². The highest BCUT2D eigenvalue weighted by Crippen LogP contribution is 1.97. The summed E-state index contributed by atoms with van der Waals surface area (Å²) in [4.78, 5) is 12.5. The van der Waals surface area contributed by atoms with Crippen molar-refractivity contribution in [2.45, 2.75) is 20.3 Å². The van der Waals surface area contributed by atoms with Crippen molar-refractivity contribution in [1.29, 1.82) is 0 Å². The average Bonchev–Trinajstić information content (AvgIpc) is 1.99. The molecule has 0 aliphatic carbocycles. The van der Waals surface area contributed by atoms with Gasteiger partial charge in [-0.2, -0.15) is 0 Å². The molecule has 0 saturated heterocycles. The quantitative estimate of drug-likeness (QED) is 0.667. The Morgan fingerprint density at radius 3 is 2.55 bits per heavy atom. The Bertz CT molecular complexity index is 128. The monoisotopic (exact) mass is 160 g/mol. The largest absolute Gasteiger partial charge is 0.338 e. The molecule has 3 heteroatoms. The van der Waals surface area contributed by atoms with Crippen LogP contribution in [0.2, 0.25) is 0 Å². The minimum Gasteiger partial charge on any atom is -0.338 e. The summed E-state index contributed by atoms with van der Waals surface area (Å²) in [7, 11) is 3.48. The molecule has 2 amide bonds. The van der Waals surface area contributed by atoms with Crippen LogP contribution in [0.3, 0.4) is 0 Å². The molecule has 0 saturated carbocycles. The molecule has 0 fully saturated rings. The molecular formula is C8H20N2O. The van der Waals surface area contributed by atoms with Crippen molar-refractivity contribution < 1.29 is 6.22 Å². The topological polar surface area (TPSA) is 32.3 Å². The van der Waals surface area contributed by atoms with Gasteiger partial charge in [-0.3, -0.25) is 0 Å². The van der Waals surface area contributed by atoms with Gasteiger partial charge >= 0.3 is 6.03 Å². The number of amides is 2. The van der Waals surface area contributed by atoms with E-state index in [1.54, 1.807) is 19.0 Å². The molecule has 0 aromatic carbocycles. The molecule has 0 aromatic heterocycles. The average molecular weight is 160 g/mol. The van der Waals surface area contributed by atoms with Crippen LogP contribution in [-0.4, -0.2) is 31.6 Å². The highest BCUT2D eigenvalue weighted by atomic mass is 16.2. The summed E-state index contributed by atoms with van der Waals surface area (Å²) < 4.78 is 0. The maximum absolute atomic E-state index is 11.0. The van der Waals surface area contributed by atoms with Crippen molar-refractivity contribution in [3.63, 3.8) is 0 Å². The molecule has 0 bridgehead atoms. The van der Waals surface area contributed by atoms with Gasteiger partial charge in [0.25, 0.3) is 0 Å². The van der Waals surface area contributed by atoms with Gasteiger partial charge in [0.1, 0.15) is 0 Å². The van der Waals surface area contributed by atoms with Crippen molar-refractivity contribution in [3.05, 3.63) is 0 Å². The van der Waals surface area contributed by atoms with Gasteiger partial charge in [0.2, 0.25) is 0 Å². The molecule has 0 aromatic rings. The third kappa shape index (κ3) is 4.65. The Hall–Kier alpha value is -0.730. The summed E-state index contributed by atoms with van der Waals surface area (Å²) in [5.41, 5.74) is 0. The van der Waals surface area contributed by atoms with Gasteiger partial charge < -0.3 is 10.2 Å². The minimum atomic E-state index is -0.00898. The molecule has 0 aliphatic rings. The molecule has 1 N–H and O–H groups in total. The van der Waals surface area contributed by atoms with Crippen LogP contribution in [0.4, 0.5) is 4.79 Å². The van der Waals surface area contributed by atoms with Crippen LogP contribution in [0.1, 0.15) is 21.7 Å². The van der Waals surface area contributed by atoms with E-state index in [0.29, 0.717) is 5.92 Å². The lowest BCUT2D eigenvalue weighted by molar-refractivity contribution is 0.215. The molecular weight excluding hydrogens is 140 g/mol. The highest BCUT2D eigenvalue weighted by molar-refractivity contribution is 5.73. The summed E-state index contributed by atoms with van der Waals surface area (Å²) in [6.07, 6.45) is 1.10. The zero-order valence-electron chi connectivity index (χ0n) is 7.85. The van der Waals surface area contributed by atoms with Crippen LogP contribution >= 0.6 is 0 Å². The predicted molar refractivity (Wildman–Crippen MR) is 48.7 cm³/mol. The summed E-state index contributed by atoms with van der Waals surface area (Å²) >= 11 is 0. The van der Waals surface area contributed by atoms with Crippen molar-refractivity contribution in [1.82, 2.24) is 10.2 Å². The minimum absolute atomic E-state index is 0. The number of hydrogen-bond donors (Lipinski definition) is 1. The zero-order chi connectivity index (χ0) is 8.85. The molecule has 1 unspecified atom stereocenters. The summed E-state index contributed by atoms with van der Waals surface area (Å²) in [6, 6.07) is -0.00898. The van der Waals surface area contributed by atoms with Gasteiger partial charge in [-0.1, -0.05) is 20.3 Å². The van der Waals surface area contributed by atoms with Gasteiger partial charge in [0, 0.05) is 22.1 Å². The lowest BCUT2D eigenvalue weighted by atomic mass is 10.1. The van der Waals surface area contributed by atoms with Crippen molar-refractivity contribution in [3.8, 4) is 0 Å². The van der Waals surface area contributed by atoms with Gasteiger partial charge in [-0.05, 0) is 5.92 Å². The number of urea groups is 1. The Kier molecular flexibility index (Phi) is 4.66. The van der Waals surface area contributed by atoms with Crippen molar-refractivity contribution in [2.75, 3.05) is 20.6 Å². The van der Waals surface area contributed by atoms with Crippen LogP contribution < -0.4 is 5.32 Å². The Morgan fingerprint density at radius 2 is 2.18 bits per heavy atom. The Balaban J connectivity index is 0. The van der Waals surface area contributed by atoms with Gasteiger partial charge in [-0.15, -0.1) is 0 Å². The maximum Gasteiger partial charge on any atom is 0.316 e. The normalized spacial score (nSPS) is 12.4. The second-order valence-electron chi connectivity index (χ2n) is 3.09. The third-order valence-corrected chi connectivity index (χ3v) is 1.70. The van der Waals surface area contributed by atoms with Crippen LogP contribution in [-0.2, 0) is 0 Å². The fraction of sp³-hybridized carbons (Fsp3) is 0.875. The Morgan fingerprint density at radius 1 is 1.64 bits per heavy atom. The van der Waals surface area contributed by atoms with Gasteiger partial charge in [-0.25, -0.2) is 4.79 Å². The molecule has 11 heavy (non-hydrogen) atoms. The summed E-state index contributed by atoms with van der Waals surface area (Å²) in [5, 5.41) is 2.82. The van der Waals surface area contributed by atoms with Crippen LogP contribution in [0, 0.1) is 5.92 Å². The predicted octanol–water partition coefficient (Wildman–Crippen LogP) is 1.55. The number of hydrogen-bond acceptors (Lipinski definition) is 1. The molecule has 0 heterocycles. The third-order valence-electron chi connectivity index (χ3n) is 1.70. The molecule has 1 atom stereocenters. The van der Waals surface area contributed by atoms with Crippen LogP contribution in [0.5, 0.6) is 0 Å². The van der Waals surface area contributed by atoms with E-state index >= 15 is 0 Å². The molecule has 0 rings (SSSR count). The number of nitrogens with one attached hydrogen (secondary N) is 1. The van der Waals surface area contributed by atoms with E-state index in [2.05, 4.69) is 19.2 Å². The number of nitrogens with zero attached hydrogens (tertiary/aromatic N) is 1. The molecule has 0 radical (unpaired) electrons. The second kappa shape index (κ2) is 4.99. The lowest BCUT2D eigenvalue weighted by Crippen LogP contribution is -2.36. The second-order valence-corrected chi connectivity index (χ2v) is 3.09. The van der Waals surface area contributed by atoms with E-state index in [4.69, 9.17) is 0 Å². The van der Waals surface area contributed by atoms with E-state index in [9.17, 15) is 4.79 Å². The van der Waals surface area contributed by atoms with Gasteiger partial charge in [0.15, 0.2) is 0 Å². The smallest absolute Gasteiger partial charge is 0.316 e. The first-order valence-electron chi connectivity index (χ1n) is 4.03. The van der Waals surface area contributed by atoms with Crippen molar-refractivity contribution >= 4 is 6.03 Å². The molecule has 68 valence electrons. The van der Waals surface area contributed by atoms with Crippen LogP contribution in [0.15, 0.2) is 0 Å². The maximum atomic E-state index is 11.0. The molecule has 3 nitrogen and oxygen atoms in total. The van der Waals surface area contributed by atoms with E-state index in [-0.39, 0.29) is 7.46 Å². The SMILES string of the molecule is CCC(C)CNC(=O)N(C)C.[HH]. The summed E-state index contributed by atoms with van der Waals surface area (Å²) in [5.74, 6) is 0.568. The first kappa shape index (κ1) is 10.3. The number of carbonyl (C=O) groups excluding carboxylic acids is 1. The van der Waals surface area contributed by atoms with Crippen LogP contribution in [0.25, 0.3) is 0 Å². The molecule has 0 aliphatic heterocycles. The van der Waals surface area contributed by atoms with E-state index in [1.807, 2.05) is 0 Å². The fourth-order valence-electron chi connectivity index (χ4n) is 0.564.